The molecular weight excluding hydrogens is 268 g/mol. The molecule has 0 N–H and O–H groups in total. The van der Waals surface area contributed by atoms with Crippen molar-refractivity contribution in [2.45, 2.75) is 59.3 Å². The second kappa shape index (κ2) is 5.13. The van der Waals surface area contributed by atoms with Crippen LogP contribution in [0.4, 0.5) is 0 Å². The van der Waals surface area contributed by atoms with E-state index in [2.05, 4.69) is 18.9 Å². The fourth-order valence-electron chi connectivity index (χ4n) is 3.84. The summed E-state index contributed by atoms with van der Waals surface area (Å²) in [6, 6.07) is 1.80. The third kappa shape index (κ3) is 2.27. The maximum absolute atomic E-state index is 12.5. The molecule has 0 unspecified atom stereocenters. The molecule has 0 radical (unpaired) electrons. The minimum absolute atomic E-state index is 0.0594. The molecule has 0 amide bonds. The predicted molar refractivity (Wildman–Crippen MR) is 78.1 cm³/mol. The van der Waals surface area contributed by atoms with Crippen LogP contribution in [-0.2, 0) is 16.0 Å². The molecule has 1 saturated heterocycles. The van der Waals surface area contributed by atoms with Gasteiger partial charge in [0.2, 0.25) is 0 Å². The third-order valence-corrected chi connectivity index (χ3v) is 4.87. The second-order valence-corrected chi connectivity index (χ2v) is 6.73. The lowest BCUT2D eigenvalue weighted by Crippen LogP contribution is -2.65. The summed E-state index contributed by atoms with van der Waals surface area (Å²) in [5.41, 5.74) is 1.29. The number of ether oxygens (including phenoxy) is 2. The van der Waals surface area contributed by atoms with Gasteiger partial charge in [0, 0.05) is 24.5 Å². The highest BCUT2D eigenvalue weighted by Crippen LogP contribution is 2.53. The first-order valence-electron chi connectivity index (χ1n) is 7.82. The largest absolute Gasteiger partial charge is 0.457 e. The van der Waals surface area contributed by atoms with Gasteiger partial charge in [-0.25, -0.2) is 4.79 Å². The van der Waals surface area contributed by atoms with E-state index >= 15 is 0 Å². The van der Waals surface area contributed by atoms with Crippen molar-refractivity contribution in [3.8, 4) is 0 Å². The molecule has 5 nitrogen and oxygen atoms in total. The van der Waals surface area contributed by atoms with Gasteiger partial charge in [0.25, 0.3) is 0 Å². The van der Waals surface area contributed by atoms with Crippen molar-refractivity contribution in [2.75, 3.05) is 6.61 Å². The van der Waals surface area contributed by atoms with Crippen molar-refractivity contribution >= 4 is 5.97 Å². The third-order valence-electron chi connectivity index (χ3n) is 4.87. The number of carbonyl (C=O) groups is 1. The van der Waals surface area contributed by atoms with Gasteiger partial charge in [-0.2, -0.15) is 5.10 Å². The molecule has 2 aliphatic rings. The standard InChI is InChI=1S/C16H24N2O3/c1-5-18-12(9-10(2)17-18)15(19)21-14-11-7-6-8-20-13(11)16(14,3)4/h9,11,13-14H,5-8H2,1-4H3/t11-,13-,14-/m1/s1. The Morgan fingerprint density at radius 1 is 1.57 bits per heavy atom. The summed E-state index contributed by atoms with van der Waals surface area (Å²) in [7, 11) is 0. The molecule has 2 heterocycles. The number of rotatable bonds is 3. The van der Waals surface area contributed by atoms with Crippen LogP contribution in [0.25, 0.3) is 0 Å². The molecule has 0 aromatic carbocycles. The van der Waals surface area contributed by atoms with E-state index in [0.29, 0.717) is 18.2 Å². The van der Waals surface area contributed by atoms with E-state index in [1.54, 1.807) is 10.7 Å². The van der Waals surface area contributed by atoms with Gasteiger partial charge in [0.1, 0.15) is 11.8 Å². The van der Waals surface area contributed by atoms with Gasteiger partial charge in [0.05, 0.1) is 11.8 Å². The van der Waals surface area contributed by atoms with E-state index in [1.807, 2.05) is 13.8 Å². The topological polar surface area (TPSA) is 53.4 Å². The van der Waals surface area contributed by atoms with E-state index in [1.165, 1.54) is 0 Å². The Hall–Kier alpha value is -1.36. The molecule has 3 rings (SSSR count). The molecule has 1 aromatic rings. The average molecular weight is 292 g/mol. The van der Waals surface area contributed by atoms with E-state index < -0.39 is 0 Å². The molecule has 116 valence electrons. The van der Waals surface area contributed by atoms with E-state index in [0.717, 1.165) is 25.1 Å². The minimum atomic E-state index is -0.264. The zero-order valence-electron chi connectivity index (χ0n) is 13.3. The van der Waals surface area contributed by atoms with Crippen LogP contribution in [0.3, 0.4) is 0 Å². The quantitative estimate of drug-likeness (QED) is 0.804. The first-order valence-corrected chi connectivity index (χ1v) is 7.82. The number of esters is 1. The zero-order valence-corrected chi connectivity index (χ0v) is 13.3. The van der Waals surface area contributed by atoms with Gasteiger partial charge in [-0.3, -0.25) is 4.68 Å². The normalized spacial score (nSPS) is 30.4. The van der Waals surface area contributed by atoms with Crippen molar-refractivity contribution in [1.29, 1.82) is 0 Å². The lowest BCUT2D eigenvalue weighted by atomic mass is 9.57. The lowest BCUT2D eigenvalue weighted by Gasteiger charge is -2.58. The van der Waals surface area contributed by atoms with Crippen LogP contribution in [0.5, 0.6) is 0 Å². The molecular formula is C16H24N2O3. The average Bonchev–Trinajstić information content (AvgIpc) is 2.85. The summed E-state index contributed by atoms with van der Waals surface area (Å²) in [4.78, 5) is 12.5. The number of hydrogen-bond donors (Lipinski definition) is 0. The number of nitrogens with zero attached hydrogens (tertiary/aromatic N) is 2. The summed E-state index contributed by atoms with van der Waals surface area (Å²) in [6.07, 6.45) is 2.30. The van der Waals surface area contributed by atoms with Gasteiger partial charge in [0.15, 0.2) is 0 Å². The molecule has 1 saturated carbocycles. The molecule has 5 heteroatoms. The van der Waals surface area contributed by atoms with Gasteiger partial charge in [-0.15, -0.1) is 0 Å². The van der Waals surface area contributed by atoms with Crippen LogP contribution in [0.2, 0.25) is 0 Å². The van der Waals surface area contributed by atoms with Crippen LogP contribution < -0.4 is 0 Å². The van der Waals surface area contributed by atoms with Crippen molar-refractivity contribution in [1.82, 2.24) is 9.78 Å². The fraction of sp³-hybridized carbons (Fsp3) is 0.750. The number of aryl methyl sites for hydroxylation is 2. The summed E-state index contributed by atoms with van der Waals surface area (Å²) in [6.45, 7) is 9.61. The maximum Gasteiger partial charge on any atom is 0.356 e. The van der Waals surface area contributed by atoms with Gasteiger partial charge < -0.3 is 9.47 Å². The Bertz CT molecular complexity index is 550. The Morgan fingerprint density at radius 3 is 3.05 bits per heavy atom. The summed E-state index contributed by atoms with van der Waals surface area (Å²) in [5.74, 6) is 0.0799. The SMILES string of the molecule is CCn1nc(C)cc1C(=O)O[C@@H]1[C@@H]2CCCO[C@H]2C1(C)C. The Kier molecular flexibility index (Phi) is 3.56. The molecule has 1 aromatic heterocycles. The molecule has 0 bridgehead atoms. The van der Waals surface area contributed by atoms with Crippen molar-refractivity contribution in [3.05, 3.63) is 17.5 Å². The van der Waals surface area contributed by atoms with Crippen molar-refractivity contribution < 1.29 is 14.3 Å². The Labute approximate surface area is 125 Å². The highest BCUT2D eigenvalue weighted by Gasteiger charge is 2.60. The first kappa shape index (κ1) is 14.6. The van der Waals surface area contributed by atoms with Gasteiger partial charge >= 0.3 is 5.97 Å². The second-order valence-electron chi connectivity index (χ2n) is 6.73. The first-order chi connectivity index (χ1) is 9.95. The number of carbonyl (C=O) groups excluding carboxylic acids is 1. The number of hydrogen-bond acceptors (Lipinski definition) is 4. The highest BCUT2D eigenvalue weighted by atomic mass is 16.6. The molecule has 21 heavy (non-hydrogen) atoms. The highest BCUT2D eigenvalue weighted by molar-refractivity contribution is 5.88. The van der Waals surface area contributed by atoms with E-state index in [4.69, 9.17) is 9.47 Å². The summed E-state index contributed by atoms with van der Waals surface area (Å²) in [5, 5.41) is 4.31. The monoisotopic (exact) mass is 292 g/mol. The number of fused-ring (bicyclic) bond motifs is 1. The Balaban J connectivity index is 1.75. The summed E-state index contributed by atoms with van der Waals surface area (Å²) >= 11 is 0. The molecule has 1 aliphatic carbocycles. The molecule has 2 fully saturated rings. The van der Waals surface area contributed by atoms with E-state index in [9.17, 15) is 4.79 Å². The fourth-order valence-corrected chi connectivity index (χ4v) is 3.84. The van der Waals surface area contributed by atoms with Crippen LogP contribution in [0, 0.1) is 18.3 Å². The molecule has 1 aliphatic heterocycles. The van der Waals surface area contributed by atoms with Crippen LogP contribution >= 0.6 is 0 Å². The molecule has 0 spiro atoms. The van der Waals surface area contributed by atoms with Crippen LogP contribution in [0.1, 0.15) is 49.8 Å². The van der Waals surface area contributed by atoms with Gasteiger partial charge in [-0.05, 0) is 32.8 Å². The predicted octanol–water partition coefficient (Wildman–Crippen LogP) is 2.57. The van der Waals surface area contributed by atoms with Crippen molar-refractivity contribution in [3.63, 3.8) is 0 Å². The van der Waals surface area contributed by atoms with Crippen molar-refractivity contribution in [2.24, 2.45) is 11.3 Å². The van der Waals surface area contributed by atoms with Crippen LogP contribution in [0.15, 0.2) is 6.07 Å². The van der Waals surface area contributed by atoms with Gasteiger partial charge in [-0.1, -0.05) is 13.8 Å². The minimum Gasteiger partial charge on any atom is -0.457 e. The Morgan fingerprint density at radius 2 is 2.33 bits per heavy atom. The maximum atomic E-state index is 12.5. The summed E-state index contributed by atoms with van der Waals surface area (Å²) < 4.78 is 13.4. The zero-order chi connectivity index (χ0) is 15.2. The molecule has 3 atom stereocenters. The van der Waals surface area contributed by atoms with E-state index in [-0.39, 0.29) is 23.6 Å². The smallest absolute Gasteiger partial charge is 0.356 e. The van der Waals surface area contributed by atoms with Crippen LogP contribution in [-0.4, -0.2) is 34.6 Å². The number of aromatic nitrogens is 2. The lowest BCUT2D eigenvalue weighted by molar-refractivity contribution is -0.243.